The van der Waals surface area contributed by atoms with E-state index in [-0.39, 0.29) is 5.91 Å². The largest absolute Gasteiger partial charge is 0.383 e. The van der Waals surface area contributed by atoms with Crippen LogP contribution in [0.1, 0.15) is 17.6 Å². The normalized spacial score (nSPS) is 10.1. The Balaban J connectivity index is 2.59. The van der Waals surface area contributed by atoms with Gasteiger partial charge in [-0.15, -0.1) is 0 Å². The van der Waals surface area contributed by atoms with E-state index in [1.807, 2.05) is 0 Å². The summed E-state index contributed by atoms with van der Waals surface area (Å²) in [5, 5.41) is 3.77. The van der Waals surface area contributed by atoms with Crippen LogP contribution in [0.5, 0.6) is 0 Å². The van der Waals surface area contributed by atoms with Crippen LogP contribution in [0.15, 0.2) is 12.3 Å². The van der Waals surface area contributed by atoms with E-state index in [0.717, 1.165) is 0 Å². The molecule has 1 heterocycles. The first kappa shape index (κ1) is 8.73. The fourth-order valence-corrected chi connectivity index (χ4v) is 0.881. The topological polar surface area (TPSA) is 86.9 Å². The van der Waals surface area contributed by atoms with Gasteiger partial charge in [0, 0.05) is 12.5 Å². The first-order chi connectivity index (χ1) is 5.75. The maximum atomic E-state index is 11.3. The van der Waals surface area contributed by atoms with Gasteiger partial charge in [0.05, 0.1) is 6.20 Å². The maximum absolute atomic E-state index is 11.3. The molecule has 0 amide bonds. The number of hydrogen-bond acceptors (Lipinski definition) is 4. The molecule has 66 valence electrons. The average Bonchev–Trinajstić information content (AvgIpc) is 2.47. The molecule has 0 saturated carbocycles. The second-order valence-electron chi connectivity index (χ2n) is 2.45. The van der Waals surface area contributed by atoms with Crippen LogP contribution in [0.25, 0.3) is 0 Å². The van der Waals surface area contributed by atoms with Crippen molar-refractivity contribution in [2.75, 3.05) is 12.3 Å². The molecule has 0 bridgehead atoms. The number of nitrogen functional groups attached to an aromatic ring is 1. The van der Waals surface area contributed by atoms with Gasteiger partial charge >= 0.3 is 0 Å². The van der Waals surface area contributed by atoms with Crippen LogP contribution in [-0.2, 0) is 0 Å². The molecule has 0 aliphatic carbocycles. The van der Waals surface area contributed by atoms with Gasteiger partial charge in [0.2, 0.25) is 5.91 Å². The molecule has 1 aromatic rings. The van der Waals surface area contributed by atoms with Gasteiger partial charge in [0.1, 0.15) is 5.82 Å². The van der Waals surface area contributed by atoms with Crippen molar-refractivity contribution in [1.29, 1.82) is 0 Å². The molecule has 1 aromatic heterocycles. The Labute approximate surface area is 70.3 Å². The van der Waals surface area contributed by atoms with E-state index in [9.17, 15) is 4.79 Å². The Hall–Kier alpha value is -1.36. The van der Waals surface area contributed by atoms with Gasteiger partial charge in [-0.2, -0.15) is 9.78 Å². The van der Waals surface area contributed by atoms with Crippen LogP contribution in [0, 0.1) is 0 Å². The van der Waals surface area contributed by atoms with Crippen molar-refractivity contribution in [2.24, 2.45) is 5.73 Å². The minimum atomic E-state index is -0.108. The van der Waals surface area contributed by atoms with Crippen LogP contribution >= 0.6 is 0 Å². The zero-order valence-corrected chi connectivity index (χ0v) is 6.73. The van der Waals surface area contributed by atoms with E-state index < -0.39 is 0 Å². The van der Waals surface area contributed by atoms with Gasteiger partial charge in [-0.25, -0.2) is 0 Å². The van der Waals surface area contributed by atoms with Gasteiger partial charge < -0.3 is 11.5 Å². The van der Waals surface area contributed by atoms with Crippen molar-refractivity contribution in [2.45, 2.75) is 12.8 Å². The van der Waals surface area contributed by atoms with Crippen molar-refractivity contribution in [3.63, 3.8) is 0 Å². The van der Waals surface area contributed by atoms with Gasteiger partial charge in [0.25, 0.3) is 0 Å². The highest BCUT2D eigenvalue weighted by molar-refractivity contribution is 5.80. The van der Waals surface area contributed by atoms with Crippen LogP contribution in [-0.4, -0.2) is 22.2 Å². The molecule has 0 aliphatic heterocycles. The lowest BCUT2D eigenvalue weighted by Crippen LogP contribution is -2.15. The lowest BCUT2D eigenvalue weighted by Gasteiger charge is -2.00. The summed E-state index contributed by atoms with van der Waals surface area (Å²) < 4.78 is 1.19. The van der Waals surface area contributed by atoms with Gasteiger partial charge in [0.15, 0.2) is 0 Å². The number of carbonyl (C=O) groups is 1. The molecule has 0 unspecified atom stereocenters. The molecule has 5 heteroatoms. The van der Waals surface area contributed by atoms with Crippen molar-refractivity contribution in [3.05, 3.63) is 12.3 Å². The minimum Gasteiger partial charge on any atom is -0.383 e. The van der Waals surface area contributed by atoms with Crippen molar-refractivity contribution >= 4 is 11.7 Å². The molecule has 0 aliphatic rings. The maximum Gasteiger partial charge on any atom is 0.248 e. The Bertz CT molecular complexity index is 268. The van der Waals surface area contributed by atoms with E-state index >= 15 is 0 Å². The number of nitrogens with zero attached hydrogens (tertiary/aromatic N) is 2. The molecule has 12 heavy (non-hydrogen) atoms. The lowest BCUT2D eigenvalue weighted by molar-refractivity contribution is 0.0888. The molecule has 0 saturated heterocycles. The van der Waals surface area contributed by atoms with E-state index in [1.165, 1.54) is 10.9 Å². The summed E-state index contributed by atoms with van der Waals surface area (Å²) in [6.07, 6.45) is 2.55. The number of hydrogen-bond donors (Lipinski definition) is 2. The van der Waals surface area contributed by atoms with Gasteiger partial charge in [-0.3, -0.25) is 4.79 Å². The van der Waals surface area contributed by atoms with E-state index in [4.69, 9.17) is 11.5 Å². The first-order valence-corrected chi connectivity index (χ1v) is 3.78. The summed E-state index contributed by atoms with van der Waals surface area (Å²) in [6, 6.07) is 1.58. The van der Waals surface area contributed by atoms with E-state index in [0.29, 0.717) is 25.2 Å². The molecule has 0 atom stereocenters. The quantitative estimate of drug-likeness (QED) is 0.656. The predicted molar refractivity (Wildman–Crippen MR) is 45.6 cm³/mol. The first-order valence-electron chi connectivity index (χ1n) is 3.78. The van der Waals surface area contributed by atoms with Crippen molar-refractivity contribution in [3.8, 4) is 0 Å². The molecule has 5 nitrogen and oxygen atoms in total. The highest BCUT2D eigenvalue weighted by Crippen LogP contribution is 2.01. The minimum absolute atomic E-state index is 0.108. The van der Waals surface area contributed by atoms with Crippen molar-refractivity contribution < 1.29 is 4.79 Å². The summed E-state index contributed by atoms with van der Waals surface area (Å²) in [5.41, 5.74) is 10.7. The second-order valence-corrected chi connectivity index (χ2v) is 2.45. The Morgan fingerprint density at radius 2 is 2.42 bits per heavy atom. The summed E-state index contributed by atoms with van der Waals surface area (Å²) in [5.74, 6) is 0.264. The van der Waals surface area contributed by atoms with Gasteiger partial charge in [-0.1, -0.05) is 0 Å². The lowest BCUT2D eigenvalue weighted by atomic mass is 10.3. The average molecular weight is 168 g/mol. The summed E-state index contributed by atoms with van der Waals surface area (Å²) in [7, 11) is 0. The van der Waals surface area contributed by atoms with Crippen LogP contribution in [0.3, 0.4) is 0 Å². The Morgan fingerprint density at radius 1 is 1.67 bits per heavy atom. The molecule has 0 fully saturated rings. The fraction of sp³-hybridized carbons (Fsp3) is 0.429. The molecule has 4 N–H and O–H groups in total. The van der Waals surface area contributed by atoms with Crippen LogP contribution in [0.2, 0.25) is 0 Å². The van der Waals surface area contributed by atoms with Gasteiger partial charge in [-0.05, 0) is 13.0 Å². The molecule has 0 spiro atoms. The van der Waals surface area contributed by atoms with E-state index in [1.54, 1.807) is 6.07 Å². The monoisotopic (exact) mass is 168 g/mol. The third-order valence-corrected chi connectivity index (χ3v) is 1.50. The predicted octanol–water partition coefficient (Wildman–Crippen LogP) is -0.156. The highest BCUT2D eigenvalue weighted by Gasteiger charge is 2.06. The third kappa shape index (κ3) is 1.82. The highest BCUT2D eigenvalue weighted by atomic mass is 16.2. The zero-order valence-electron chi connectivity index (χ0n) is 6.73. The second kappa shape index (κ2) is 3.87. The summed E-state index contributed by atoms with van der Waals surface area (Å²) in [6.45, 7) is 0.507. The molecule has 0 aromatic carbocycles. The fourth-order valence-electron chi connectivity index (χ4n) is 0.881. The smallest absolute Gasteiger partial charge is 0.248 e. The number of nitrogens with two attached hydrogens (primary N) is 2. The number of anilines is 1. The number of rotatable bonds is 3. The SMILES string of the molecule is NCCCC(=O)n1nccc1N. The Kier molecular flexibility index (Phi) is 2.82. The molecular formula is C7H12N4O. The van der Waals surface area contributed by atoms with Crippen LogP contribution < -0.4 is 11.5 Å². The zero-order chi connectivity index (χ0) is 8.97. The third-order valence-electron chi connectivity index (χ3n) is 1.50. The Morgan fingerprint density at radius 3 is 2.92 bits per heavy atom. The summed E-state index contributed by atoms with van der Waals surface area (Å²) >= 11 is 0. The van der Waals surface area contributed by atoms with Crippen LogP contribution in [0.4, 0.5) is 5.82 Å². The van der Waals surface area contributed by atoms with Crippen molar-refractivity contribution in [1.82, 2.24) is 9.78 Å². The molecule has 1 rings (SSSR count). The number of carbonyl (C=O) groups excluding carboxylic acids is 1. The molecule has 0 radical (unpaired) electrons. The van der Waals surface area contributed by atoms with E-state index in [2.05, 4.69) is 5.10 Å². The molecular weight excluding hydrogens is 156 g/mol. The number of aromatic nitrogens is 2. The summed E-state index contributed by atoms with van der Waals surface area (Å²) in [4.78, 5) is 11.3. The standard InChI is InChI=1S/C7H12N4O/c8-4-1-2-7(12)11-6(9)3-5-10-11/h3,5H,1-2,4,8-9H2.